The zero-order chi connectivity index (χ0) is 29.3. The van der Waals surface area contributed by atoms with Gasteiger partial charge in [-0.1, -0.05) is 39.7 Å². The number of piperazine rings is 1. The van der Waals surface area contributed by atoms with Crippen molar-refractivity contribution in [3.05, 3.63) is 103 Å². The zero-order valence-electron chi connectivity index (χ0n) is 22.4. The number of carbonyl (C=O) groups is 2. The number of benzene rings is 3. The van der Waals surface area contributed by atoms with Gasteiger partial charge in [-0.2, -0.15) is 5.10 Å². The Labute approximate surface area is 254 Å². The van der Waals surface area contributed by atoms with E-state index < -0.39 is 16.5 Å². The minimum Gasteiger partial charge on any atom is -0.338 e. The van der Waals surface area contributed by atoms with E-state index in [0.717, 1.165) is 9.37 Å². The van der Waals surface area contributed by atoms with Gasteiger partial charge in [0.25, 0.3) is 11.5 Å². The molecule has 1 fully saturated rings. The van der Waals surface area contributed by atoms with Crippen molar-refractivity contribution in [3.8, 4) is 0 Å². The number of thioether (sulfide) groups is 1. The molecule has 0 aliphatic carbocycles. The summed E-state index contributed by atoms with van der Waals surface area (Å²) in [6, 6.07) is 17.1. The Balaban J connectivity index is 1.27. The van der Waals surface area contributed by atoms with E-state index in [4.69, 9.17) is 11.6 Å². The molecule has 41 heavy (non-hydrogen) atoms. The molecule has 0 spiro atoms. The van der Waals surface area contributed by atoms with E-state index in [9.17, 15) is 18.8 Å². The molecular weight excluding hydrogens is 631 g/mol. The summed E-state index contributed by atoms with van der Waals surface area (Å²) in [7, 11) is 0. The van der Waals surface area contributed by atoms with Gasteiger partial charge in [0.05, 0.1) is 21.4 Å². The van der Waals surface area contributed by atoms with Crippen LogP contribution in [0.15, 0.2) is 74.8 Å². The van der Waals surface area contributed by atoms with Crippen LogP contribution in [-0.4, -0.2) is 62.7 Å². The first-order valence-corrected chi connectivity index (χ1v) is 15.0. The Bertz CT molecular complexity index is 1710. The lowest BCUT2D eigenvalue weighted by Crippen LogP contribution is -2.54. The third kappa shape index (κ3) is 6.50. The summed E-state index contributed by atoms with van der Waals surface area (Å²) in [4.78, 5) is 43.1. The number of halogens is 3. The third-order valence-electron chi connectivity index (χ3n) is 7.00. The molecule has 1 N–H and O–H groups in total. The van der Waals surface area contributed by atoms with Crippen LogP contribution in [0, 0.1) is 5.82 Å². The normalized spacial score (nSPS) is 14.0. The van der Waals surface area contributed by atoms with Gasteiger partial charge in [-0.05, 0) is 67.9 Å². The van der Waals surface area contributed by atoms with Crippen molar-refractivity contribution in [3.63, 3.8) is 0 Å². The van der Waals surface area contributed by atoms with Crippen LogP contribution in [0.25, 0.3) is 10.8 Å². The van der Waals surface area contributed by atoms with Gasteiger partial charge in [0.15, 0.2) is 0 Å². The molecule has 0 bridgehead atoms. The van der Waals surface area contributed by atoms with Crippen LogP contribution >= 0.6 is 39.3 Å². The molecule has 0 saturated carbocycles. The highest BCUT2D eigenvalue weighted by Gasteiger charge is 2.35. The zero-order valence-corrected chi connectivity index (χ0v) is 25.6. The van der Waals surface area contributed by atoms with E-state index in [0.29, 0.717) is 59.7 Å². The molecule has 7 nitrogen and oxygen atoms in total. The van der Waals surface area contributed by atoms with Crippen LogP contribution < -0.4 is 5.56 Å². The van der Waals surface area contributed by atoms with E-state index in [1.807, 2.05) is 38.1 Å². The molecule has 2 heterocycles. The molecule has 5 rings (SSSR count). The van der Waals surface area contributed by atoms with E-state index in [1.54, 1.807) is 34.1 Å². The van der Waals surface area contributed by atoms with E-state index >= 15 is 0 Å². The maximum absolute atomic E-state index is 14.9. The topological polar surface area (TPSA) is 86.4 Å². The monoisotopic (exact) mass is 656 g/mol. The van der Waals surface area contributed by atoms with E-state index in [1.165, 1.54) is 23.9 Å². The highest BCUT2D eigenvalue weighted by Crippen LogP contribution is 2.35. The Morgan fingerprint density at radius 2 is 1.76 bits per heavy atom. The largest absolute Gasteiger partial charge is 0.338 e. The summed E-state index contributed by atoms with van der Waals surface area (Å²) in [6.07, 6.45) is 0.298. The molecule has 2 amide bonds. The van der Waals surface area contributed by atoms with Gasteiger partial charge >= 0.3 is 0 Å². The highest BCUT2D eigenvalue weighted by atomic mass is 79.9. The molecule has 4 aromatic rings. The van der Waals surface area contributed by atoms with Gasteiger partial charge in [-0.15, -0.1) is 11.8 Å². The van der Waals surface area contributed by atoms with Crippen molar-refractivity contribution >= 4 is 61.9 Å². The number of fused-ring (bicyclic) bond motifs is 1. The van der Waals surface area contributed by atoms with Gasteiger partial charge in [-0.3, -0.25) is 14.4 Å². The number of nitrogens with zero attached hydrogens (tertiary/aromatic N) is 3. The summed E-state index contributed by atoms with van der Waals surface area (Å²) >= 11 is 11.0. The summed E-state index contributed by atoms with van der Waals surface area (Å²) in [5.74, 6) is -1.07. The SMILES string of the molecule is CC(C)(Sc1cccc(Cl)c1)C(=O)N1CCN(C(=O)c2cc(Cc3n[nH]c(=O)c4ccc(Br)cc34)ccc2F)CC1. The molecule has 212 valence electrons. The minimum absolute atomic E-state index is 0.0324. The maximum atomic E-state index is 14.9. The van der Waals surface area contributed by atoms with Crippen molar-refractivity contribution in [1.29, 1.82) is 0 Å². The summed E-state index contributed by atoms with van der Waals surface area (Å²) in [5, 5.41) is 8.51. The predicted octanol–water partition coefficient (Wildman–Crippen LogP) is 5.92. The lowest BCUT2D eigenvalue weighted by atomic mass is 10.0. The number of hydrogen-bond donors (Lipinski definition) is 1. The molecule has 3 aromatic carbocycles. The van der Waals surface area contributed by atoms with E-state index in [2.05, 4.69) is 26.1 Å². The maximum Gasteiger partial charge on any atom is 0.272 e. The molecule has 1 aliphatic rings. The quantitative estimate of drug-likeness (QED) is 0.260. The minimum atomic E-state index is -0.729. The fourth-order valence-corrected chi connectivity index (χ4v) is 6.65. The summed E-state index contributed by atoms with van der Waals surface area (Å²) in [5.41, 5.74) is 0.963. The first-order chi connectivity index (χ1) is 19.5. The van der Waals surface area contributed by atoms with E-state index in [-0.39, 0.29) is 17.0 Å². The Hall–Kier alpha value is -3.21. The lowest BCUT2D eigenvalue weighted by molar-refractivity contribution is -0.134. The van der Waals surface area contributed by atoms with Crippen molar-refractivity contribution in [2.75, 3.05) is 26.2 Å². The average molecular weight is 658 g/mol. The highest BCUT2D eigenvalue weighted by molar-refractivity contribution is 9.10. The van der Waals surface area contributed by atoms with Crippen LogP contribution in [-0.2, 0) is 11.2 Å². The van der Waals surface area contributed by atoms with Crippen LogP contribution in [0.5, 0.6) is 0 Å². The number of nitrogens with one attached hydrogen (secondary N) is 1. The Morgan fingerprint density at radius 3 is 2.49 bits per heavy atom. The number of hydrogen-bond acceptors (Lipinski definition) is 5. The van der Waals surface area contributed by atoms with Crippen molar-refractivity contribution in [2.45, 2.75) is 29.9 Å². The first-order valence-electron chi connectivity index (χ1n) is 13.0. The standard InChI is InChI=1S/C30H27BrClFN4O3S/c1-30(2,41-21-5-3-4-20(32)17-21)29(40)37-12-10-36(11-13-37)28(39)24-14-18(6-9-25(24)33)15-26-23-16-19(31)7-8-22(23)27(38)35-34-26/h3-9,14,16-17H,10-13,15H2,1-2H3,(H,35,38). The summed E-state index contributed by atoms with van der Waals surface area (Å²) in [6.45, 7) is 5.05. The first kappa shape index (κ1) is 29.3. The number of rotatable bonds is 6. The molecule has 1 aliphatic heterocycles. The summed E-state index contributed by atoms with van der Waals surface area (Å²) < 4.78 is 14.9. The van der Waals surface area contributed by atoms with Crippen LogP contribution in [0.4, 0.5) is 4.39 Å². The van der Waals surface area contributed by atoms with Gasteiger partial charge in [0.1, 0.15) is 5.82 Å². The van der Waals surface area contributed by atoms with Crippen LogP contribution in [0.1, 0.15) is 35.5 Å². The lowest BCUT2D eigenvalue weighted by Gasteiger charge is -2.38. The van der Waals surface area contributed by atoms with Crippen molar-refractivity contribution in [1.82, 2.24) is 20.0 Å². The van der Waals surface area contributed by atoms with Gasteiger partial charge in [0, 0.05) is 52.4 Å². The number of aromatic amines is 1. The number of aromatic nitrogens is 2. The number of amides is 2. The number of H-pyrrole nitrogens is 1. The molecule has 1 aromatic heterocycles. The average Bonchev–Trinajstić information content (AvgIpc) is 2.94. The second-order valence-corrected chi connectivity index (χ2v) is 13.4. The Kier molecular flexibility index (Phi) is 8.54. The van der Waals surface area contributed by atoms with Gasteiger partial charge in [-0.25, -0.2) is 9.49 Å². The molecule has 0 radical (unpaired) electrons. The predicted molar refractivity (Wildman–Crippen MR) is 163 cm³/mol. The van der Waals surface area contributed by atoms with Crippen molar-refractivity contribution in [2.24, 2.45) is 0 Å². The number of carbonyl (C=O) groups excluding carboxylic acids is 2. The molecule has 0 atom stereocenters. The van der Waals surface area contributed by atoms with Gasteiger partial charge < -0.3 is 9.80 Å². The van der Waals surface area contributed by atoms with Crippen molar-refractivity contribution < 1.29 is 14.0 Å². The molecule has 11 heteroatoms. The molecule has 1 saturated heterocycles. The third-order valence-corrected chi connectivity index (χ3v) is 8.90. The smallest absolute Gasteiger partial charge is 0.272 e. The second kappa shape index (κ2) is 12.0. The van der Waals surface area contributed by atoms with Gasteiger partial charge in [0.2, 0.25) is 5.91 Å². The van der Waals surface area contributed by atoms with Crippen LogP contribution in [0.3, 0.4) is 0 Å². The second-order valence-electron chi connectivity index (χ2n) is 10.3. The molecular formula is C30H27BrClFN4O3S. The molecule has 0 unspecified atom stereocenters. The Morgan fingerprint density at radius 1 is 1.02 bits per heavy atom. The van der Waals surface area contributed by atoms with Crippen LogP contribution in [0.2, 0.25) is 5.02 Å². The fourth-order valence-electron chi connectivity index (χ4n) is 4.90. The fraction of sp³-hybridized carbons (Fsp3) is 0.267.